The van der Waals surface area contributed by atoms with E-state index in [4.69, 9.17) is 0 Å². The molecule has 3 nitrogen and oxygen atoms in total. The molecule has 3 aliphatic rings. The van der Waals surface area contributed by atoms with Crippen LogP contribution in [0.3, 0.4) is 0 Å². The molecule has 28 heavy (non-hydrogen) atoms. The van der Waals surface area contributed by atoms with Gasteiger partial charge >= 0.3 is 0 Å². The normalized spacial score (nSPS) is 30.6. The topological polar surface area (TPSA) is 33.2 Å². The Hall–Kier alpha value is -1.81. The number of ketones is 1. The molecule has 148 valence electrons. The lowest BCUT2D eigenvalue weighted by Gasteiger charge is -2.31. The Morgan fingerprint density at radius 3 is 2.71 bits per heavy atom. The second kappa shape index (κ2) is 7.22. The van der Waals surface area contributed by atoms with Crippen molar-refractivity contribution in [2.75, 3.05) is 19.6 Å². The van der Waals surface area contributed by atoms with Gasteiger partial charge in [0.15, 0.2) is 0 Å². The first kappa shape index (κ1) is 18.2. The molecule has 5 rings (SSSR count). The highest BCUT2D eigenvalue weighted by atomic mass is 19.1. The molecule has 2 heterocycles. The average Bonchev–Trinajstić information content (AvgIpc) is 3.42. The molecule has 3 fully saturated rings. The molecule has 2 aliphatic carbocycles. The highest BCUT2D eigenvalue weighted by Crippen LogP contribution is 2.63. The zero-order valence-electron chi connectivity index (χ0n) is 16.5. The van der Waals surface area contributed by atoms with Crippen molar-refractivity contribution < 1.29 is 9.18 Å². The van der Waals surface area contributed by atoms with Gasteiger partial charge in [0.2, 0.25) is 0 Å². The fourth-order valence-electron chi connectivity index (χ4n) is 5.80. The first-order chi connectivity index (χ1) is 13.6. The molecule has 2 saturated carbocycles. The number of carbonyl (C=O) groups is 1. The van der Waals surface area contributed by atoms with Crippen LogP contribution in [0.5, 0.6) is 0 Å². The summed E-state index contributed by atoms with van der Waals surface area (Å²) in [5.74, 6) is 1.04. The first-order valence-corrected chi connectivity index (χ1v) is 10.9. The molecule has 0 N–H and O–H groups in total. The molecule has 2 aromatic rings. The predicted octanol–water partition coefficient (Wildman–Crippen LogP) is 5.09. The van der Waals surface area contributed by atoms with Gasteiger partial charge in [-0.3, -0.25) is 14.7 Å². The summed E-state index contributed by atoms with van der Waals surface area (Å²) >= 11 is 0. The van der Waals surface area contributed by atoms with Crippen molar-refractivity contribution in [2.24, 2.45) is 11.3 Å². The summed E-state index contributed by atoms with van der Waals surface area (Å²) in [5.41, 5.74) is 2.38. The van der Waals surface area contributed by atoms with Crippen LogP contribution in [-0.2, 0) is 4.79 Å². The van der Waals surface area contributed by atoms with Crippen LogP contribution < -0.4 is 0 Å². The zero-order valence-corrected chi connectivity index (χ0v) is 16.5. The van der Waals surface area contributed by atoms with Crippen molar-refractivity contribution in [3.8, 4) is 0 Å². The van der Waals surface area contributed by atoms with Gasteiger partial charge in [0.05, 0.1) is 12.1 Å². The molecule has 1 spiro atoms. The Morgan fingerprint density at radius 2 is 1.93 bits per heavy atom. The van der Waals surface area contributed by atoms with Gasteiger partial charge in [-0.1, -0.05) is 6.42 Å². The van der Waals surface area contributed by atoms with Crippen molar-refractivity contribution in [1.29, 1.82) is 0 Å². The van der Waals surface area contributed by atoms with E-state index >= 15 is 0 Å². The smallest absolute Gasteiger partial charge is 0.150 e. The number of piperidine rings is 1. The first-order valence-electron chi connectivity index (χ1n) is 10.9. The summed E-state index contributed by atoms with van der Waals surface area (Å²) in [5, 5.41) is 0.956. The van der Waals surface area contributed by atoms with Crippen molar-refractivity contribution in [3.05, 3.63) is 41.8 Å². The number of nitrogens with zero attached hydrogens (tertiary/aromatic N) is 2. The van der Waals surface area contributed by atoms with Gasteiger partial charge in [-0.25, -0.2) is 4.39 Å². The van der Waals surface area contributed by atoms with Crippen LogP contribution in [0.15, 0.2) is 30.5 Å². The Kier molecular flexibility index (Phi) is 4.70. The van der Waals surface area contributed by atoms with E-state index in [1.165, 1.54) is 30.9 Å². The van der Waals surface area contributed by atoms with Gasteiger partial charge in [0.25, 0.3) is 0 Å². The molecule has 1 aromatic carbocycles. The van der Waals surface area contributed by atoms with E-state index in [1.807, 2.05) is 6.20 Å². The van der Waals surface area contributed by atoms with Crippen molar-refractivity contribution >= 4 is 16.7 Å². The van der Waals surface area contributed by atoms with E-state index < -0.39 is 0 Å². The van der Waals surface area contributed by atoms with Crippen LogP contribution in [-0.4, -0.2) is 35.3 Å². The summed E-state index contributed by atoms with van der Waals surface area (Å²) in [6, 6.07) is 6.95. The number of halogens is 1. The van der Waals surface area contributed by atoms with Crippen LogP contribution in [0.4, 0.5) is 4.39 Å². The molecule has 1 atom stereocenters. The fourth-order valence-corrected chi connectivity index (χ4v) is 5.80. The maximum absolute atomic E-state index is 13.8. The SMILES string of the molecule is O=C(CN1CCCCC1)[C@H]1CC12CCC(c1ccnc3ccc(F)cc13)CC2. The van der Waals surface area contributed by atoms with E-state index in [0.717, 1.165) is 56.1 Å². The maximum Gasteiger partial charge on any atom is 0.150 e. The third kappa shape index (κ3) is 3.36. The van der Waals surface area contributed by atoms with Crippen LogP contribution in [0.2, 0.25) is 0 Å². The number of benzene rings is 1. The molecule has 0 unspecified atom stereocenters. The minimum Gasteiger partial charge on any atom is -0.298 e. The zero-order chi connectivity index (χ0) is 19.1. The van der Waals surface area contributed by atoms with Crippen LogP contribution in [0.25, 0.3) is 10.9 Å². The minimum atomic E-state index is -0.195. The van der Waals surface area contributed by atoms with Crippen LogP contribution >= 0.6 is 0 Å². The Labute approximate surface area is 166 Å². The number of hydrogen-bond acceptors (Lipinski definition) is 3. The number of carbonyl (C=O) groups excluding carboxylic acids is 1. The van der Waals surface area contributed by atoms with Crippen molar-refractivity contribution in [3.63, 3.8) is 0 Å². The number of hydrogen-bond donors (Lipinski definition) is 0. The van der Waals surface area contributed by atoms with Gasteiger partial charge in [-0.15, -0.1) is 0 Å². The summed E-state index contributed by atoms with van der Waals surface area (Å²) in [6.45, 7) is 2.86. The van der Waals surface area contributed by atoms with Crippen molar-refractivity contribution in [2.45, 2.75) is 57.3 Å². The third-order valence-corrected chi connectivity index (χ3v) is 7.57. The number of Topliss-reactive ketones (excluding diaryl/α,β-unsaturated/α-hetero) is 1. The molecular formula is C24H29FN2O. The summed E-state index contributed by atoms with van der Waals surface area (Å²) in [7, 11) is 0. The second-order valence-corrected chi connectivity index (χ2v) is 9.26. The Bertz CT molecular complexity index is 881. The molecule has 0 amide bonds. The lowest BCUT2D eigenvalue weighted by atomic mass is 9.75. The molecule has 1 aliphatic heterocycles. The van der Waals surface area contributed by atoms with Gasteiger partial charge < -0.3 is 0 Å². The summed E-state index contributed by atoms with van der Waals surface area (Å²) < 4.78 is 13.8. The Balaban J connectivity index is 1.24. The highest BCUT2D eigenvalue weighted by Gasteiger charge is 2.58. The minimum absolute atomic E-state index is 0.195. The standard InChI is InChI=1S/C24H29FN2O/c25-18-4-5-22-20(14-18)19(8-11-26-22)17-6-9-24(10-7-17)15-21(24)23(28)16-27-12-2-1-3-13-27/h4-5,8,11,14,17,21H,1-3,6-7,9-10,12-13,15-16H2/t17?,21-,24?/m1/s1. The molecule has 4 heteroatoms. The molecule has 1 aromatic heterocycles. The molecule has 1 saturated heterocycles. The second-order valence-electron chi connectivity index (χ2n) is 9.26. The summed E-state index contributed by atoms with van der Waals surface area (Å²) in [6.07, 6.45) is 11.2. The number of pyridine rings is 1. The average molecular weight is 381 g/mol. The van der Waals surface area contributed by atoms with E-state index in [0.29, 0.717) is 24.2 Å². The molecular weight excluding hydrogens is 351 g/mol. The van der Waals surface area contributed by atoms with E-state index in [-0.39, 0.29) is 11.2 Å². The van der Waals surface area contributed by atoms with Gasteiger partial charge in [0.1, 0.15) is 11.6 Å². The number of rotatable bonds is 4. The highest BCUT2D eigenvalue weighted by molar-refractivity contribution is 5.86. The third-order valence-electron chi connectivity index (χ3n) is 7.57. The number of aromatic nitrogens is 1. The predicted molar refractivity (Wildman–Crippen MR) is 109 cm³/mol. The maximum atomic E-state index is 13.8. The quantitative estimate of drug-likeness (QED) is 0.740. The molecule has 0 bridgehead atoms. The lowest BCUT2D eigenvalue weighted by Crippen LogP contribution is -2.35. The van der Waals surface area contributed by atoms with Crippen LogP contribution in [0, 0.1) is 17.2 Å². The van der Waals surface area contributed by atoms with E-state index in [9.17, 15) is 9.18 Å². The Morgan fingerprint density at radius 1 is 1.14 bits per heavy atom. The lowest BCUT2D eigenvalue weighted by molar-refractivity contribution is -0.122. The number of fused-ring (bicyclic) bond motifs is 1. The van der Waals surface area contributed by atoms with Gasteiger partial charge in [-0.2, -0.15) is 0 Å². The number of likely N-dealkylation sites (tertiary alicyclic amines) is 1. The molecule has 0 radical (unpaired) electrons. The summed E-state index contributed by atoms with van der Waals surface area (Å²) in [4.78, 5) is 19.6. The monoisotopic (exact) mass is 380 g/mol. The van der Waals surface area contributed by atoms with E-state index in [1.54, 1.807) is 12.1 Å². The largest absolute Gasteiger partial charge is 0.298 e. The fraction of sp³-hybridized carbons (Fsp3) is 0.583. The van der Waals surface area contributed by atoms with E-state index in [2.05, 4.69) is 16.0 Å². The van der Waals surface area contributed by atoms with Crippen molar-refractivity contribution in [1.82, 2.24) is 9.88 Å². The van der Waals surface area contributed by atoms with Crippen LogP contribution in [0.1, 0.15) is 62.8 Å². The van der Waals surface area contributed by atoms with Gasteiger partial charge in [-0.05, 0) is 99.2 Å². The van der Waals surface area contributed by atoms with Gasteiger partial charge in [0, 0.05) is 17.5 Å².